The SMILES string of the molecule is CCOC1Cc2c(ccc3oc(C)cc23)O1. The van der Waals surface area contributed by atoms with Gasteiger partial charge in [0.1, 0.15) is 17.1 Å². The second-order valence-electron chi connectivity index (χ2n) is 4.02. The summed E-state index contributed by atoms with van der Waals surface area (Å²) in [6.07, 6.45) is 0.667. The van der Waals surface area contributed by atoms with Crippen LogP contribution in [0.1, 0.15) is 18.2 Å². The summed E-state index contributed by atoms with van der Waals surface area (Å²) in [4.78, 5) is 0. The van der Waals surface area contributed by atoms with Crippen molar-refractivity contribution in [2.75, 3.05) is 6.61 Å². The van der Waals surface area contributed by atoms with Gasteiger partial charge in [0.2, 0.25) is 6.29 Å². The summed E-state index contributed by atoms with van der Waals surface area (Å²) < 4.78 is 16.8. The number of benzene rings is 1. The van der Waals surface area contributed by atoms with Gasteiger partial charge in [0.25, 0.3) is 0 Å². The van der Waals surface area contributed by atoms with Gasteiger partial charge in [0.15, 0.2) is 0 Å². The van der Waals surface area contributed by atoms with Crippen LogP contribution in [0.2, 0.25) is 0 Å². The lowest BCUT2D eigenvalue weighted by Gasteiger charge is -2.08. The fourth-order valence-electron chi connectivity index (χ4n) is 2.23. The molecule has 0 fully saturated rings. The van der Waals surface area contributed by atoms with E-state index in [0.717, 1.165) is 28.9 Å². The predicted molar refractivity (Wildman–Crippen MR) is 60.7 cm³/mol. The van der Waals surface area contributed by atoms with Crippen molar-refractivity contribution in [3.63, 3.8) is 0 Å². The molecule has 1 aliphatic heterocycles. The first kappa shape index (κ1) is 9.73. The van der Waals surface area contributed by atoms with Crippen molar-refractivity contribution in [1.82, 2.24) is 0 Å². The van der Waals surface area contributed by atoms with Gasteiger partial charge in [-0.3, -0.25) is 0 Å². The Bertz CT molecular complexity index is 527. The van der Waals surface area contributed by atoms with Crippen molar-refractivity contribution < 1.29 is 13.9 Å². The summed E-state index contributed by atoms with van der Waals surface area (Å²) in [5.74, 6) is 1.86. The lowest BCUT2D eigenvalue weighted by Crippen LogP contribution is -2.16. The van der Waals surface area contributed by atoms with E-state index in [9.17, 15) is 0 Å². The Morgan fingerprint density at radius 2 is 2.31 bits per heavy atom. The highest BCUT2D eigenvalue weighted by molar-refractivity contribution is 5.84. The number of hydrogen-bond acceptors (Lipinski definition) is 3. The molecular formula is C13H14O3. The third-order valence-corrected chi connectivity index (χ3v) is 2.87. The fourth-order valence-corrected chi connectivity index (χ4v) is 2.23. The van der Waals surface area contributed by atoms with Gasteiger partial charge in [-0.15, -0.1) is 0 Å². The molecule has 0 radical (unpaired) electrons. The topological polar surface area (TPSA) is 31.6 Å². The number of fused-ring (bicyclic) bond motifs is 3. The highest BCUT2D eigenvalue weighted by Crippen LogP contribution is 2.36. The number of furan rings is 1. The first-order chi connectivity index (χ1) is 7.78. The van der Waals surface area contributed by atoms with E-state index in [1.165, 1.54) is 5.56 Å². The van der Waals surface area contributed by atoms with Crippen LogP contribution >= 0.6 is 0 Å². The van der Waals surface area contributed by atoms with Crippen LogP contribution in [0.15, 0.2) is 22.6 Å². The molecule has 16 heavy (non-hydrogen) atoms. The van der Waals surface area contributed by atoms with Gasteiger partial charge in [-0.25, -0.2) is 0 Å². The van der Waals surface area contributed by atoms with E-state index >= 15 is 0 Å². The molecule has 1 atom stereocenters. The molecule has 1 unspecified atom stereocenters. The Kier molecular flexibility index (Phi) is 2.14. The largest absolute Gasteiger partial charge is 0.464 e. The van der Waals surface area contributed by atoms with Crippen LogP contribution in [-0.4, -0.2) is 12.9 Å². The van der Waals surface area contributed by atoms with Crippen molar-refractivity contribution in [3.05, 3.63) is 29.5 Å². The maximum atomic E-state index is 5.70. The number of aryl methyl sites for hydroxylation is 1. The summed E-state index contributed by atoms with van der Waals surface area (Å²) in [5, 5.41) is 1.15. The number of ether oxygens (including phenoxy) is 2. The van der Waals surface area contributed by atoms with Gasteiger partial charge in [-0.05, 0) is 32.0 Å². The zero-order valence-corrected chi connectivity index (χ0v) is 9.45. The molecule has 1 aromatic heterocycles. The zero-order chi connectivity index (χ0) is 11.1. The number of hydrogen-bond donors (Lipinski definition) is 0. The summed E-state index contributed by atoms with van der Waals surface area (Å²) >= 11 is 0. The average molecular weight is 218 g/mol. The normalized spacial score (nSPS) is 18.8. The Labute approximate surface area is 94.0 Å². The molecule has 0 saturated heterocycles. The molecule has 1 aliphatic rings. The van der Waals surface area contributed by atoms with Crippen LogP contribution in [-0.2, 0) is 11.2 Å². The van der Waals surface area contributed by atoms with Crippen molar-refractivity contribution in [3.8, 4) is 5.75 Å². The van der Waals surface area contributed by atoms with Gasteiger partial charge >= 0.3 is 0 Å². The first-order valence-electron chi connectivity index (χ1n) is 5.58. The molecule has 84 valence electrons. The minimum absolute atomic E-state index is 0.138. The van der Waals surface area contributed by atoms with Gasteiger partial charge in [0, 0.05) is 24.0 Å². The molecule has 0 N–H and O–H groups in total. The highest BCUT2D eigenvalue weighted by Gasteiger charge is 2.25. The molecule has 3 heteroatoms. The molecule has 0 spiro atoms. The van der Waals surface area contributed by atoms with Gasteiger partial charge in [-0.1, -0.05) is 0 Å². The van der Waals surface area contributed by atoms with E-state index in [1.807, 2.05) is 26.0 Å². The van der Waals surface area contributed by atoms with E-state index in [4.69, 9.17) is 13.9 Å². The van der Waals surface area contributed by atoms with Gasteiger partial charge < -0.3 is 13.9 Å². The molecule has 0 saturated carbocycles. The third kappa shape index (κ3) is 1.39. The van der Waals surface area contributed by atoms with E-state index in [-0.39, 0.29) is 6.29 Å². The zero-order valence-electron chi connectivity index (χ0n) is 9.45. The second-order valence-corrected chi connectivity index (χ2v) is 4.02. The smallest absolute Gasteiger partial charge is 0.204 e. The van der Waals surface area contributed by atoms with Crippen LogP contribution in [0.25, 0.3) is 11.0 Å². The van der Waals surface area contributed by atoms with Crippen molar-refractivity contribution in [2.45, 2.75) is 26.6 Å². The van der Waals surface area contributed by atoms with Crippen molar-refractivity contribution in [2.24, 2.45) is 0 Å². The summed E-state index contributed by atoms with van der Waals surface area (Å²) in [6.45, 7) is 4.61. The van der Waals surface area contributed by atoms with E-state index < -0.39 is 0 Å². The molecule has 3 nitrogen and oxygen atoms in total. The van der Waals surface area contributed by atoms with Crippen LogP contribution in [0, 0.1) is 6.92 Å². The van der Waals surface area contributed by atoms with Gasteiger partial charge in [-0.2, -0.15) is 0 Å². The van der Waals surface area contributed by atoms with Crippen LogP contribution in [0.3, 0.4) is 0 Å². The van der Waals surface area contributed by atoms with E-state index in [1.54, 1.807) is 0 Å². The predicted octanol–water partition coefficient (Wildman–Crippen LogP) is 3.04. The summed E-state index contributed by atoms with van der Waals surface area (Å²) in [7, 11) is 0. The Morgan fingerprint density at radius 1 is 1.44 bits per heavy atom. The minimum Gasteiger partial charge on any atom is -0.464 e. The van der Waals surface area contributed by atoms with Crippen molar-refractivity contribution in [1.29, 1.82) is 0 Å². The Balaban J connectivity index is 2.06. The van der Waals surface area contributed by atoms with Crippen LogP contribution in [0.5, 0.6) is 5.75 Å². The monoisotopic (exact) mass is 218 g/mol. The van der Waals surface area contributed by atoms with E-state index in [0.29, 0.717) is 6.61 Å². The van der Waals surface area contributed by atoms with E-state index in [2.05, 4.69) is 6.07 Å². The number of rotatable bonds is 2. The highest BCUT2D eigenvalue weighted by atomic mass is 16.7. The summed E-state index contributed by atoms with van der Waals surface area (Å²) in [6, 6.07) is 5.97. The molecule has 2 aromatic rings. The minimum atomic E-state index is -0.138. The van der Waals surface area contributed by atoms with Gasteiger partial charge in [0.05, 0.1) is 0 Å². The molecule has 0 bridgehead atoms. The van der Waals surface area contributed by atoms with Crippen LogP contribution in [0.4, 0.5) is 0 Å². The lowest BCUT2D eigenvalue weighted by molar-refractivity contribution is -0.0602. The maximum Gasteiger partial charge on any atom is 0.204 e. The average Bonchev–Trinajstić information content (AvgIpc) is 2.79. The molecular weight excluding hydrogens is 204 g/mol. The quantitative estimate of drug-likeness (QED) is 0.776. The maximum absolute atomic E-state index is 5.70. The second kappa shape index (κ2) is 3.52. The first-order valence-corrected chi connectivity index (χ1v) is 5.58. The lowest BCUT2D eigenvalue weighted by atomic mass is 10.1. The Morgan fingerprint density at radius 3 is 3.12 bits per heavy atom. The fraction of sp³-hybridized carbons (Fsp3) is 0.385. The standard InChI is InChI=1S/C13H14O3/c1-3-14-13-7-10-9-6-8(2)15-11(9)4-5-12(10)16-13/h4-6,13H,3,7H2,1-2H3. The molecule has 2 heterocycles. The van der Waals surface area contributed by atoms with Crippen LogP contribution < -0.4 is 4.74 Å². The molecule has 0 aliphatic carbocycles. The molecule has 1 aromatic carbocycles. The molecule has 3 rings (SSSR count). The summed E-state index contributed by atoms with van der Waals surface area (Å²) in [5.41, 5.74) is 2.13. The third-order valence-electron chi connectivity index (χ3n) is 2.87. The molecule has 0 amide bonds. The van der Waals surface area contributed by atoms with Crippen molar-refractivity contribution >= 4 is 11.0 Å². The Hall–Kier alpha value is -1.48.